The van der Waals surface area contributed by atoms with Crippen LogP contribution in [0.4, 0.5) is 5.69 Å². The lowest BCUT2D eigenvalue weighted by Gasteiger charge is -2.40. The van der Waals surface area contributed by atoms with Gasteiger partial charge in [0.2, 0.25) is 5.91 Å². The Hall–Kier alpha value is -3.15. The van der Waals surface area contributed by atoms with Crippen molar-refractivity contribution in [3.05, 3.63) is 65.2 Å². The van der Waals surface area contributed by atoms with Crippen LogP contribution in [0.1, 0.15) is 65.1 Å². The van der Waals surface area contributed by atoms with Gasteiger partial charge in [0, 0.05) is 17.7 Å². The van der Waals surface area contributed by atoms with E-state index in [1.54, 1.807) is 29.2 Å². The molecule has 2 aromatic rings. The second-order valence-electron chi connectivity index (χ2n) is 7.50. The van der Waals surface area contributed by atoms with E-state index >= 15 is 0 Å². The lowest BCUT2D eigenvalue weighted by Crippen LogP contribution is -2.51. The Balaban J connectivity index is 1.61. The van der Waals surface area contributed by atoms with Gasteiger partial charge in [0.15, 0.2) is 0 Å². The number of nitrogens with zero attached hydrogens (tertiary/aromatic N) is 2. The topological polar surface area (TPSA) is 69.7 Å². The molecule has 4 rings (SSSR count). The van der Waals surface area contributed by atoms with Gasteiger partial charge in [0.1, 0.15) is 12.7 Å². The van der Waals surface area contributed by atoms with Crippen LogP contribution in [0.2, 0.25) is 0 Å². The highest BCUT2D eigenvalue weighted by atomic mass is 16.2. The Bertz CT molecular complexity index is 956. The third-order valence-electron chi connectivity index (χ3n) is 5.55. The minimum absolute atomic E-state index is 0.0796. The number of carbonyl (C=O) groups excluding carboxylic acids is 3. The molecule has 2 aliphatic rings. The fourth-order valence-electron chi connectivity index (χ4n) is 4.12. The number of carbonyl (C=O) groups is 3. The number of para-hydroxylation sites is 1. The van der Waals surface area contributed by atoms with Gasteiger partial charge in [0.05, 0.1) is 11.3 Å². The molecule has 0 fully saturated rings. The van der Waals surface area contributed by atoms with Crippen molar-refractivity contribution in [1.29, 1.82) is 0 Å². The number of fused-ring (bicyclic) bond motifs is 5. The lowest BCUT2D eigenvalue weighted by atomic mass is 10.0. The molecule has 0 spiro atoms. The van der Waals surface area contributed by atoms with E-state index in [1.165, 1.54) is 4.90 Å². The number of anilines is 1. The van der Waals surface area contributed by atoms with Gasteiger partial charge >= 0.3 is 0 Å². The van der Waals surface area contributed by atoms with E-state index in [2.05, 4.69) is 12.2 Å². The van der Waals surface area contributed by atoms with Crippen molar-refractivity contribution < 1.29 is 14.4 Å². The van der Waals surface area contributed by atoms with Crippen LogP contribution in [0.5, 0.6) is 0 Å². The van der Waals surface area contributed by atoms with Crippen molar-refractivity contribution in [3.8, 4) is 0 Å². The van der Waals surface area contributed by atoms with Gasteiger partial charge in [0.25, 0.3) is 11.8 Å². The highest BCUT2D eigenvalue weighted by molar-refractivity contribution is 6.17. The molecule has 3 amide bonds. The second-order valence-corrected chi connectivity index (χ2v) is 7.50. The van der Waals surface area contributed by atoms with Crippen LogP contribution in [0, 0.1) is 0 Å². The van der Waals surface area contributed by atoms with E-state index in [9.17, 15) is 14.4 Å². The molecule has 1 N–H and O–H groups in total. The minimum atomic E-state index is -0.591. The van der Waals surface area contributed by atoms with Gasteiger partial charge in [-0.15, -0.1) is 0 Å². The SMILES string of the molecule is CCCCCCNC(=O)CN1C(=O)c2ccccc2N2C(=O)c3ccccc3C12. The van der Waals surface area contributed by atoms with Gasteiger partial charge in [-0.1, -0.05) is 56.5 Å². The summed E-state index contributed by atoms with van der Waals surface area (Å²) in [6, 6.07) is 14.4. The molecule has 29 heavy (non-hydrogen) atoms. The molecular formula is C23H25N3O3. The van der Waals surface area contributed by atoms with Gasteiger partial charge in [-0.3, -0.25) is 19.3 Å². The van der Waals surface area contributed by atoms with Crippen LogP contribution in [-0.4, -0.2) is 35.7 Å². The number of unbranched alkanes of at least 4 members (excludes halogenated alkanes) is 3. The van der Waals surface area contributed by atoms with Gasteiger partial charge in [-0.2, -0.15) is 0 Å². The number of hydrogen-bond acceptors (Lipinski definition) is 3. The highest BCUT2D eigenvalue weighted by Crippen LogP contribution is 2.44. The number of benzene rings is 2. The molecule has 0 bridgehead atoms. The van der Waals surface area contributed by atoms with Gasteiger partial charge < -0.3 is 10.2 Å². The smallest absolute Gasteiger partial charge is 0.260 e. The maximum Gasteiger partial charge on any atom is 0.260 e. The lowest BCUT2D eigenvalue weighted by molar-refractivity contribution is -0.122. The average molecular weight is 391 g/mol. The predicted molar refractivity (Wildman–Crippen MR) is 111 cm³/mol. The van der Waals surface area contributed by atoms with Crippen LogP contribution in [0.25, 0.3) is 0 Å². The molecule has 6 heteroatoms. The molecule has 2 aromatic carbocycles. The third kappa shape index (κ3) is 3.39. The number of rotatable bonds is 7. The van der Waals surface area contributed by atoms with Crippen LogP contribution in [-0.2, 0) is 4.79 Å². The summed E-state index contributed by atoms with van der Waals surface area (Å²) >= 11 is 0. The largest absolute Gasteiger partial charge is 0.355 e. The van der Waals surface area contributed by atoms with Crippen molar-refractivity contribution in [2.45, 2.75) is 38.8 Å². The summed E-state index contributed by atoms with van der Waals surface area (Å²) in [4.78, 5) is 42.0. The zero-order valence-corrected chi connectivity index (χ0v) is 16.6. The number of hydrogen-bond donors (Lipinski definition) is 1. The maximum atomic E-state index is 13.2. The molecule has 0 radical (unpaired) electrons. The van der Waals surface area contributed by atoms with Crippen molar-refractivity contribution in [1.82, 2.24) is 10.2 Å². The van der Waals surface area contributed by atoms with E-state index in [-0.39, 0.29) is 24.3 Å². The zero-order valence-electron chi connectivity index (χ0n) is 16.6. The zero-order chi connectivity index (χ0) is 20.4. The van der Waals surface area contributed by atoms with E-state index < -0.39 is 6.17 Å². The summed E-state index contributed by atoms with van der Waals surface area (Å²) in [5, 5.41) is 2.91. The quantitative estimate of drug-likeness (QED) is 0.735. The predicted octanol–water partition coefficient (Wildman–Crippen LogP) is 3.50. The first kappa shape index (κ1) is 19.2. The van der Waals surface area contributed by atoms with Crippen molar-refractivity contribution in [2.75, 3.05) is 18.0 Å². The van der Waals surface area contributed by atoms with Gasteiger partial charge in [-0.05, 0) is 24.6 Å². The van der Waals surface area contributed by atoms with Crippen LogP contribution >= 0.6 is 0 Å². The summed E-state index contributed by atoms with van der Waals surface area (Å²) in [5.41, 5.74) is 2.38. The summed E-state index contributed by atoms with van der Waals surface area (Å²) in [6.07, 6.45) is 3.69. The molecule has 0 saturated heterocycles. The number of nitrogens with one attached hydrogen (secondary N) is 1. The van der Waals surface area contributed by atoms with Crippen LogP contribution < -0.4 is 10.2 Å². The second kappa shape index (κ2) is 8.07. The van der Waals surface area contributed by atoms with Gasteiger partial charge in [-0.25, -0.2) is 0 Å². The third-order valence-corrected chi connectivity index (χ3v) is 5.55. The molecule has 0 saturated carbocycles. The Morgan fingerprint density at radius 3 is 2.45 bits per heavy atom. The fourth-order valence-corrected chi connectivity index (χ4v) is 4.12. The summed E-state index contributed by atoms with van der Waals surface area (Å²) < 4.78 is 0. The standard InChI is InChI=1S/C23H25N3O3/c1-2-3-4-9-14-24-20(27)15-25-21-16-10-5-6-11-17(16)23(29)26(21)19-13-8-7-12-18(19)22(25)28/h5-8,10-13,21H,2-4,9,14-15H2,1H3,(H,24,27). The highest BCUT2D eigenvalue weighted by Gasteiger charge is 2.47. The molecule has 0 aliphatic carbocycles. The Labute approximate surface area is 170 Å². The van der Waals surface area contributed by atoms with E-state index in [1.807, 2.05) is 24.3 Å². The normalized spacial score (nSPS) is 17.1. The Morgan fingerprint density at radius 2 is 1.66 bits per heavy atom. The van der Waals surface area contributed by atoms with Crippen LogP contribution in [0.15, 0.2) is 48.5 Å². The van der Waals surface area contributed by atoms with E-state index in [4.69, 9.17) is 0 Å². The Morgan fingerprint density at radius 1 is 0.931 bits per heavy atom. The van der Waals surface area contributed by atoms with Crippen molar-refractivity contribution in [2.24, 2.45) is 0 Å². The number of amides is 3. The summed E-state index contributed by atoms with van der Waals surface area (Å²) in [5.74, 6) is -0.575. The van der Waals surface area contributed by atoms with E-state index in [0.29, 0.717) is 23.4 Å². The Kier molecular flexibility index (Phi) is 5.34. The van der Waals surface area contributed by atoms with Crippen LogP contribution in [0.3, 0.4) is 0 Å². The molecule has 2 aliphatic heterocycles. The van der Waals surface area contributed by atoms with Crippen molar-refractivity contribution >= 4 is 23.4 Å². The monoisotopic (exact) mass is 391 g/mol. The van der Waals surface area contributed by atoms with Crippen molar-refractivity contribution in [3.63, 3.8) is 0 Å². The molecule has 2 heterocycles. The maximum absolute atomic E-state index is 13.2. The molecule has 1 atom stereocenters. The molecule has 0 aromatic heterocycles. The molecule has 150 valence electrons. The van der Waals surface area contributed by atoms with E-state index in [0.717, 1.165) is 31.2 Å². The minimum Gasteiger partial charge on any atom is -0.355 e. The fraction of sp³-hybridized carbons (Fsp3) is 0.348. The molecule has 1 unspecified atom stereocenters. The first-order valence-corrected chi connectivity index (χ1v) is 10.2. The molecule has 6 nitrogen and oxygen atoms in total. The summed E-state index contributed by atoms with van der Waals surface area (Å²) in [6.45, 7) is 2.66. The average Bonchev–Trinajstić information content (AvgIpc) is 3.04. The molecular weight excluding hydrogens is 366 g/mol. The first-order chi connectivity index (χ1) is 14.1. The first-order valence-electron chi connectivity index (χ1n) is 10.2. The summed E-state index contributed by atoms with van der Waals surface area (Å²) in [7, 11) is 0.